The van der Waals surface area contributed by atoms with Gasteiger partial charge in [0.05, 0.1) is 12.3 Å². The largest absolute Gasteiger partial charge is 0.486 e. The number of carbonyl (C=O) groups is 4. The average Bonchev–Trinajstić information content (AvgIpc) is 3.37. The normalized spacial score (nSPS) is 30.5. The Balaban J connectivity index is 1.17. The molecule has 14 nitrogen and oxygen atoms in total. The fourth-order valence-electron chi connectivity index (χ4n) is 6.83. The van der Waals surface area contributed by atoms with E-state index in [0.717, 1.165) is 24.0 Å². The van der Waals surface area contributed by atoms with Crippen LogP contribution in [0.4, 0.5) is 4.79 Å². The van der Waals surface area contributed by atoms with Crippen molar-refractivity contribution in [2.45, 2.75) is 88.6 Å². The van der Waals surface area contributed by atoms with Gasteiger partial charge in [0.15, 0.2) is 11.5 Å². The number of aliphatic carboxylic acids is 1. The number of sulfonamides is 1. The highest BCUT2D eigenvalue weighted by molar-refractivity contribution is 7.89. The predicted molar refractivity (Wildman–Crippen MR) is 167 cm³/mol. The number of benzene rings is 1. The van der Waals surface area contributed by atoms with Crippen molar-refractivity contribution in [2.24, 2.45) is 5.92 Å². The average molecular weight is 675 g/mol. The molecule has 4 atom stereocenters. The van der Waals surface area contributed by atoms with Gasteiger partial charge in [-0.2, -0.15) is 4.31 Å². The van der Waals surface area contributed by atoms with Crippen LogP contribution in [0.2, 0.25) is 0 Å². The molecule has 256 valence electrons. The van der Waals surface area contributed by atoms with Crippen molar-refractivity contribution in [1.29, 1.82) is 0 Å². The van der Waals surface area contributed by atoms with Crippen LogP contribution in [-0.4, -0.2) is 96.3 Å². The monoisotopic (exact) mass is 674 g/mol. The highest BCUT2D eigenvalue weighted by atomic mass is 32.2. The molecule has 0 unspecified atom stereocenters. The zero-order valence-electron chi connectivity index (χ0n) is 26.3. The molecule has 15 heteroatoms. The second kappa shape index (κ2) is 13.7. The number of fused-ring (bicyclic) bond motifs is 3. The van der Waals surface area contributed by atoms with Crippen LogP contribution in [0.5, 0.6) is 11.5 Å². The number of hydrogen-bond donors (Lipinski definition) is 3. The Bertz CT molecular complexity index is 1510. The minimum atomic E-state index is -3.56. The Morgan fingerprint density at radius 3 is 2.38 bits per heavy atom. The van der Waals surface area contributed by atoms with E-state index in [1.54, 1.807) is 0 Å². The molecule has 0 aromatic heterocycles. The number of hydrogen-bond acceptors (Lipinski definition) is 9. The highest BCUT2D eigenvalue weighted by Crippen LogP contribution is 2.45. The van der Waals surface area contributed by atoms with E-state index in [9.17, 15) is 32.7 Å². The molecular formula is C32H42N4O10S. The first kappa shape index (κ1) is 33.1. The number of carboxylic acids is 1. The molecule has 47 heavy (non-hydrogen) atoms. The summed E-state index contributed by atoms with van der Waals surface area (Å²) >= 11 is 0. The fourth-order valence-corrected chi connectivity index (χ4v) is 8.56. The van der Waals surface area contributed by atoms with E-state index in [2.05, 4.69) is 10.6 Å². The molecule has 1 saturated carbocycles. The molecule has 1 saturated heterocycles. The number of allylic oxidation sites excluding steroid dienone is 1. The van der Waals surface area contributed by atoms with Crippen molar-refractivity contribution in [2.75, 3.05) is 32.1 Å². The minimum Gasteiger partial charge on any atom is -0.486 e. The van der Waals surface area contributed by atoms with Gasteiger partial charge in [-0.1, -0.05) is 25.0 Å². The Morgan fingerprint density at radius 2 is 1.72 bits per heavy atom. The van der Waals surface area contributed by atoms with Crippen molar-refractivity contribution in [1.82, 2.24) is 19.8 Å². The molecular weight excluding hydrogens is 632 g/mol. The third-order valence-electron chi connectivity index (χ3n) is 9.57. The molecule has 0 radical (unpaired) electrons. The standard InChI is InChI=1S/C32H42N4O10S/c37-28-10-9-24(46-31(41)35-19-21-15-26-27(16-22(21)20-35)45-13-12-44-26)18-33-29(38)25(36-11-6-14-47(36,42)43)8-5-3-1-2-4-7-23-17-32(23,34-28)30(39)40/h4,7,15-16,23-25H,1-3,5-6,8-14,17-20H2,(H,33,38)(H,34,37)(H,39,40)/b7-4-/t23-,24-,25+,32-/m1/s1. The van der Waals surface area contributed by atoms with Crippen LogP contribution >= 0.6 is 0 Å². The Kier molecular flexibility index (Phi) is 9.65. The quantitative estimate of drug-likeness (QED) is 0.402. The Labute approximate surface area is 273 Å². The summed E-state index contributed by atoms with van der Waals surface area (Å²) in [4.78, 5) is 53.6. The van der Waals surface area contributed by atoms with Crippen LogP contribution in [-0.2, 0) is 42.2 Å². The van der Waals surface area contributed by atoms with Gasteiger partial charge in [-0.3, -0.25) is 14.5 Å². The summed E-state index contributed by atoms with van der Waals surface area (Å²) in [7, 11) is -3.56. The van der Waals surface area contributed by atoms with E-state index in [1.807, 2.05) is 24.3 Å². The van der Waals surface area contributed by atoms with Crippen LogP contribution in [0.25, 0.3) is 0 Å². The molecule has 3 amide bonds. The van der Waals surface area contributed by atoms with E-state index in [1.165, 1.54) is 9.21 Å². The van der Waals surface area contributed by atoms with E-state index >= 15 is 0 Å². The smallest absolute Gasteiger partial charge is 0.410 e. The summed E-state index contributed by atoms with van der Waals surface area (Å²) in [6.45, 7) is 1.55. The van der Waals surface area contributed by atoms with Gasteiger partial charge in [-0.25, -0.2) is 18.0 Å². The molecule has 4 aliphatic heterocycles. The number of nitrogens with zero attached hydrogens (tertiary/aromatic N) is 2. The first-order chi connectivity index (χ1) is 22.6. The molecule has 6 rings (SSSR count). The van der Waals surface area contributed by atoms with E-state index < -0.39 is 51.6 Å². The lowest BCUT2D eigenvalue weighted by atomic mass is 10.0. The van der Waals surface area contributed by atoms with Gasteiger partial charge in [0.2, 0.25) is 21.8 Å². The second-order valence-corrected chi connectivity index (χ2v) is 14.9. The van der Waals surface area contributed by atoms with Crippen molar-refractivity contribution < 1.29 is 46.9 Å². The number of amides is 3. The van der Waals surface area contributed by atoms with Gasteiger partial charge in [0.25, 0.3) is 0 Å². The summed E-state index contributed by atoms with van der Waals surface area (Å²) in [5.41, 5.74) is 0.428. The van der Waals surface area contributed by atoms with Crippen molar-refractivity contribution in [3.05, 3.63) is 35.4 Å². The molecule has 2 fully saturated rings. The van der Waals surface area contributed by atoms with Crippen LogP contribution < -0.4 is 20.1 Å². The maximum absolute atomic E-state index is 13.5. The first-order valence-electron chi connectivity index (χ1n) is 16.4. The lowest BCUT2D eigenvalue weighted by Gasteiger charge is -2.27. The lowest BCUT2D eigenvalue weighted by Crippen LogP contribution is -2.50. The molecule has 0 bridgehead atoms. The maximum atomic E-state index is 13.5. The zero-order valence-corrected chi connectivity index (χ0v) is 27.1. The molecule has 1 aromatic carbocycles. The number of ether oxygens (including phenoxy) is 3. The topological polar surface area (TPSA) is 181 Å². The van der Waals surface area contributed by atoms with Crippen molar-refractivity contribution in [3.8, 4) is 11.5 Å². The number of carbonyl (C=O) groups excluding carboxylic acids is 3. The van der Waals surface area contributed by atoms with Crippen LogP contribution in [0.15, 0.2) is 24.3 Å². The summed E-state index contributed by atoms with van der Waals surface area (Å²) in [5, 5.41) is 15.4. The molecule has 1 aromatic rings. The first-order valence-corrected chi connectivity index (χ1v) is 18.0. The van der Waals surface area contributed by atoms with E-state index in [0.29, 0.717) is 56.8 Å². The third kappa shape index (κ3) is 7.35. The number of nitrogens with one attached hydrogen (secondary N) is 2. The van der Waals surface area contributed by atoms with Gasteiger partial charge in [0, 0.05) is 32.0 Å². The summed E-state index contributed by atoms with van der Waals surface area (Å²) in [6, 6.07) is 2.81. The number of rotatable bonds is 3. The van der Waals surface area contributed by atoms with Gasteiger partial charge in [-0.15, -0.1) is 0 Å². The van der Waals surface area contributed by atoms with Gasteiger partial charge in [0.1, 0.15) is 30.9 Å². The Morgan fingerprint density at radius 1 is 1.00 bits per heavy atom. The van der Waals surface area contributed by atoms with Gasteiger partial charge in [-0.05, 0) is 61.8 Å². The number of carboxylic acid groups (broad SMARTS) is 1. The molecule has 0 spiro atoms. The van der Waals surface area contributed by atoms with Gasteiger partial charge < -0.3 is 30.0 Å². The third-order valence-corrected chi connectivity index (χ3v) is 11.5. The summed E-state index contributed by atoms with van der Waals surface area (Å²) in [6.07, 6.45) is 6.00. The van der Waals surface area contributed by atoms with E-state index in [4.69, 9.17) is 14.2 Å². The van der Waals surface area contributed by atoms with Crippen molar-refractivity contribution in [3.63, 3.8) is 0 Å². The maximum Gasteiger partial charge on any atom is 0.410 e. The Hall–Kier alpha value is -3.85. The molecule has 3 N–H and O–H groups in total. The zero-order chi connectivity index (χ0) is 33.2. The van der Waals surface area contributed by atoms with Crippen molar-refractivity contribution >= 4 is 33.9 Å². The SMILES string of the molecule is O=C1CC[C@@H](OC(=O)N2Cc3cc4c(cc3C2)OCCO4)CNC(=O)[C@@H](N2CCCS2(=O)=O)CCCCC/C=C\[C@@H]2C[C@@]2(C(=O)O)N1. The highest BCUT2D eigenvalue weighted by Gasteiger charge is 2.60. The fraction of sp³-hybridized carbons (Fsp3) is 0.625. The van der Waals surface area contributed by atoms with Crippen LogP contribution in [0.1, 0.15) is 68.9 Å². The molecule has 5 aliphatic rings. The minimum absolute atomic E-state index is 0.00458. The van der Waals surface area contributed by atoms with Gasteiger partial charge >= 0.3 is 12.1 Å². The molecule has 4 heterocycles. The van der Waals surface area contributed by atoms with E-state index in [-0.39, 0.29) is 50.7 Å². The van der Waals surface area contributed by atoms with Crippen LogP contribution in [0, 0.1) is 5.92 Å². The second-order valence-electron chi connectivity index (χ2n) is 12.9. The summed E-state index contributed by atoms with van der Waals surface area (Å²) in [5.74, 6) is -1.17. The lowest BCUT2D eigenvalue weighted by molar-refractivity contribution is -0.143. The van der Waals surface area contributed by atoms with Crippen LogP contribution in [0.3, 0.4) is 0 Å². The predicted octanol–water partition coefficient (Wildman–Crippen LogP) is 2.06. The summed E-state index contributed by atoms with van der Waals surface area (Å²) < 4.78 is 44.0. The molecule has 1 aliphatic carbocycles.